The Kier molecular flexibility index (Phi) is 14.8. The Morgan fingerprint density at radius 2 is 1.38 bits per heavy atom. The number of nitrogens with zero attached hydrogens (tertiary/aromatic N) is 2. The number of benzene rings is 1. The molecule has 0 N–H and O–H groups in total. The first-order valence-corrected chi connectivity index (χ1v) is 10.4. The lowest BCUT2D eigenvalue weighted by atomic mass is 10.1. The Morgan fingerprint density at radius 3 is 1.96 bits per heavy atom. The average molecular weight is 335 g/mol. The molecular weight excluding hydrogens is 292 g/mol. The van der Waals surface area contributed by atoms with Crippen LogP contribution in [-0.4, -0.2) is 37.6 Å². The second-order valence-corrected chi connectivity index (χ2v) is 5.80. The molecule has 0 radical (unpaired) electrons. The summed E-state index contributed by atoms with van der Waals surface area (Å²) in [6.07, 6.45) is 5.63. The predicted molar refractivity (Wildman–Crippen MR) is 111 cm³/mol. The van der Waals surface area contributed by atoms with Gasteiger partial charge in [-0.15, -0.1) is 0 Å². The Bertz CT molecular complexity index is 357. The molecule has 0 spiro atoms. The zero-order chi connectivity index (χ0) is 18.2. The van der Waals surface area contributed by atoms with Gasteiger partial charge in [0.05, 0.1) is 0 Å². The van der Waals surface area contributed by atoms with E-state index in [1.54, 1.807) is 0 Å². The monoisotopic (exact) mass is 334 g/mol. The number of para-hydroxylation sites is 1. The fourth-order valence-electron chi connectivity index (χ4n) is 3.36. The van der Waals surface area contributed by atoms with Crippen molar-refractivity contribution in [2.75, 3.05) is 37.6 Å². The quantitative estimate of drug-likeness (QED) is 0.661. The molecule has 0 aliphatic carbocycles. The largest absolute Gasteiger partial charge is 0.371 e. The molecule has 2 heterocycles. The van der Waals surface area contributed by atoms with Gasteiger partial charge in [-0.1, -0.05) is 66.2 Å². The van der Waals surface area contributed by atoms with Gasteiger partial charge in [0.25, 0.3) is 0 Å². The second-order valence-electron chi connectivity index (χ2n) is 5.80. The van der Waals surface area contributed by atoms with Crippen LogP contribution in [0.4, 0.5) is 5.69 Å². The van der Waals surface area contributed by atoms with Crippen molar-refractivity contribution in [1.29, 1.82) is 0 Å². The summed E-state index contributed by atoms with van der Waals surface area (Å²) < 4.78 is 0. The number of hydrogen-bond donors (Lipinski definition) is 0. The van der Waals surface area contributed by atoms with Crippen molar-refractivity contribution in [3.8, 4) is 0 Å². The molecule has 0 saturated carbocycles. The normalized spacial score (nSPS) is 19.9. The smallest absolute Gasteiger partial charge is 0.0366 e. The van der Waals surface area contributed by atoms with Gasteiger partial charge in [0.15, 0.2) is 0 Å². The van der Waals surface area contributed by atoms with Gasteiger partial charge < -0.3 is 9.80 Å². The topological polar surface area (TPSA) is 6.48 Å². The molecule has 0 amide bonds. The summed E-state index contributed by atoms with van der Waals surface area (Å²) in [7, 11) is 0. The third kappa shape index (κ3) is 8.19. The summed E-state index contributed by atoms with van der Waals surface area (Å²) in [5, 5.41) is 0. The van der Waals surface area contributed by atoms with Crippen LogP contribution in [0.3, 0.4) is 0 Å². The van der Waals surface area contributed by atoms with E-state index in [0.29, 0.717) is 0 Å². The first kappa shape index (κ1) is 23.0. The first-order valence-electron chi connectivity index (χ1n) is 10.4. The van der Waals surface area contributed by atoms with Crippen molar-refractivity contribution in [1.82, 2.24) is 4.90 Å². The van der Waals surface area contributed by atoms with Crippen LogP contribution in [0.2, 0.25) is 0 Å². The minimum atomic E-state index is 0.878. The van der Waals surface area contributed by atoms with Crippen molar-refractivity contribution in [2.45, 2.75) is 67.2 Å². The van der Waals surface area contributed by atoms with Crippen LogP contribution in [0, 0.1) is 5.92 Å². The molecule has 0 bridgehead atoms. The zero-order valence-electron chi connectivity index (χ0n) is 17.2. The van der Waals surface area contributed by atoms with E-state index in [-0.39, 0.29) is 0 Å². The van der Waals surface area contributed by atoms with Gasteiger partial charge in [-0.3, -0.25) is 0 Å². The van der Waals surface area contributed by atoms with E-state index >= 15 is 0 Å². The molecule has 1 atom stereocenters. The van der Waals surface area contributed by atoms with Crippen molar-refractivity contribution >= 4 is 5.69 Å². The molecule has 140 valence electrons. The Labute approximate surface area is 152 Å². The molecule has 2 nitrogen and oxygen atoms in total. The van der Waals surface area contributed by atoms with Crippen molar-refractivity contribution in [3.05, 3.63) is 30.3 Å². The molecule has 24 heavy (non-hydrogen) atoms. The molecule has 2 saturated heterocycles. The standard InChI is InChI=1S/C16H24N2.3C2H6/c1-3-7-16(8-4-1)18-12-9-15(14-18)13-17-10-5-2-6-11-17;3*1-2/h1,3-4,7-8,15H,2,5-6,9-14H2;3*1-2H3. The third-order valence-corrected chi connectivity index (χ3v) is 4.37. The molecule has 2 heteroatoms. The van der Waals surface area contributed by atoms with Crippen molar-refractivity contribution < 1.29 is 0 Å². The summed E-state index contributed by atoms with van der Waals surface area (Å²) >= 11 is 0. The van der Waals surface area contributed by atoms with E-state index in [1.165, 1.54) is 64.1 Å². The minimum Gasteiger partial charge on any atom is -0.371 e. The van der Waals surface area contributed by atoms with Crippen LogP contribution in [-0.2, 0) is 0 Å². The summed E-state index contributed by atoms with van der Waals surface area (Å²) in [4.78, 5) is 5.23. The van der Waals surface area contributed by atoms with E-state index in [4.69, 9.17) is 0 Å². The first-order chi connectivity index (χ1) is 11.9. The highest BCUT2D eigenvalue weighted by Crippen LogP contribution is 2.24. The summed E-state index contributed by atoms with van der Waals surface area (Å²) in [5.74, 6) is 0.878. The van der Waals surface area contributed by atoms with Crippen molar-refractivity contribution in [2.24, 2.45) is 5.92 Å². The highest BCUT2D eigenvalue weighted by atomic mass is 15.2. The number of hydrogen-bond acceptors (Lipinski definition) is 2. The Balaban J connectivity index is 0.000000798. The number of anilines is 1. The zero-order valence-corrected chi connectivity index (χ0v) is 17.2. The lowest BCUT2D eigenvalue weighted by molar-refractivity contribution is 0.201. The molecular formula is C22H42N2. The minimum absolute atomic E-state index is 0.878. The molecule has 2 fully saturated rings. The maximum atomic E-state index is 2.68. The fourth-order valence-corrected chi connectivity index (χ4v) is 3.36. The summed E-state index contributed by atoms with van der Waals surface area (Å²) in [6, 6.07) is 10.9. The molecule has 0 aromatic heterocycles. The van der Waals surface area contributed by atoms with E-state index in [1.807, 2.05) is 41.5 Å². The van der Waals surface area contributed by atoms with E-state index < -0.39 is 0 Å². The molecule has 2 aliphatic heterocycles. The van der Waals surface area contributed by atoms with Gasteiger partial charge in [-0.05, 0) is 50.4 Å². The lowest BCUT2D eigenvalue weighted by Gasteiger charge is -2.29. The molecule has 3 rings (SSSR count). The van der Waals surface area contributed by atoms with Gasteiger partial charge >= 0.3 is 0 Å². The second kappa shape index (κ2) is 15.5. The van der Waals surface area contributed by atoms with Crippen LogP contribution in [0.1, 0.15) is 67.2 Å². The van der Waals surface area contributed by atoms with Crippen LogP contribution in [0.25, 0.3) is 0 Å². The maximum absolute atomic E-state index is 2.68. The van der Waals surface area contributed by atoms with Gasteiger partial charge in [0, 0.05) is 25.3 Å². The highest BCUT2D eigenvalue weighted by Gasteiger charge is 2.24. The molecule has 1 unspecified atom stereocenters. The van der Waals surface area contributed by atoms with Gasteiger partial charge in [0.2, 0.25) is 0 Å². The van der Waals surface area contributed by atoms with Crippen LogP contribution in [0.15, 0.2) is 30.3 Å². The van der Waals surface area contributed by atoms with E-state index in [9.17, 15) is 0 Å². The van der Waals surface area contributed by atoms with Crippen LogP contribution < -0.4 is 4.90 Å². The number of piperidine rings is 1. The Hall–Kier alpha value is -1.02. The van der Waals surface area contributed by atoms with Crippen LogP contribution >= 0.6 is 0 Å². The average Bonchev–Trinajstić information content (AvgIpc) is 3.17. The molecule has 2 aliphatic rings. The molecule has 1 aromatic rings. The predicted octanol–water partition coefficient (Wildman–Crippen LogP) is 6.08. The van der Waals surface area contributed by atoms with Crippen molar-refractivity contribution in [3.63, 3.8) is 0 Å². The lowest BCUT2D eigenvalue weighted by Crippen LogP contribution is -2.35. The number of likely N-dealkylation sites (tertiary alicyclic amines) is 1. The SMILES string of the molecule is CC.CC.CC.c1ccc(N2CCC(CN3CCCCC3)C2)cc1. The third-order valence-electron chi connectivity index (χ3n) is 4.37. The van der Waals surface area contributed by atoms with Crippen LogP contribution in [0.5, 0.6) is 0 Å². The highest BCUT2D eigenvalue weighted by molar-refractivity contribution is 5.46. The summed E-state index contributed by atoms with van der Waals surface area (Å²) in [6.45, 7) is 18.5. The van der Waals surface area contributed by atoms with Gasteiger partial charge in [-0.25, -0.2) is 0 Å². The maximum Gasteiger partial charge on any atom is 0.0366 e. The van der Waals surface area contributed by atoms with E-state index in [2.05, 4.69) is 40.1 Å². The van der Waals surface area contributed by atoms with E-state index in [0.717, 1.165) is 5.92 Å². The molecule has 1 aromatic carbocycles. The van der Waals surface area contributed by atoms with Gasteiger partial charge in [0.1, 0.15) is 0 Å². The van der Waals surface area contributed by atoms with Gasteiger partial charge in [-0.2, -0.15) is 0 Å². The number of rotatable bonds is 3. The Morgan fingerprint density at radius 1 is 0.792 bits per heavy atom. The summed E-state index contributed by atoms with van der Waals surface area (Å²) in [5.41, 5.74) is 1.40. The fraction of sp³-hybridized carbons (Fsp3) is 0.727.